The number of fused-ring (bicyclic) bond motifs is 1. The summed E-state index contributed by atoms with van der Waals surface area (Å²) in [7, 11) is 1.62. The summed E-state index contributed by atoms with van der Waals surface area (Å²) in [5.41, 5.74) is 0.537. The standard InChI is InChI=1S/C12H16N6O2/c1-20-7-10-16-11-3-2-9(6-18(11)17-10)15-12(19)8-4-13-14-5-8/h4-5,9H,2-3,6-7H2,1H3,(H,13,14)(H,15,19). The smallest absolute Gasteiger partial charge is 0.254 e. The molecule has 1 atom stereocenters. The summed E-state index contributed by atoms with van der Waals surface area (Å²) in [6.45, 7) is 1.04. The molecule has 3 heterocycles. The minimum Gasteiger partial charge on any atom is -0.377 e. The number of amides is 1. The van der Waals surface area contributed by atoms with Gasteiger partial charge in [0.1, 0.15) is 12.4 Å². The molecular weight excluding hydrogens is 260 g/mol. The minimum absolute atomic E-state index is 0.0574. The van der Waals surface area contributed by atoms with Gasteiger partial charge in [0, 0.05) is 25.8 Å². The van der Waals surface area contributed by atoms with E-state index in [4.69, 9.17) is 4.74 Å². The van der Waals surface area contributed by atoms with E-state index in [1.807, 2.05) is 4.68 Å². The highest BCUT2D eigenvalue weighted by Crippen LogP contribution is 2.14. The zero-order valence-corrected chi connectivity index (χ0v) is 11.2. The van der Waals surface area contributed by atoms with Crippen LogP contribution in [0.4, 0.5) is 0 Å². The number of hydrogen-bond acceptors (Lipinski definition) is 5. The molecule has 2 N–H and O–H groups in total. The summed E-state index contributed by atoms with van der Waals surface area (Å²) in [6, 6.07) is 0.0574. The number of nitrogens with one attached hydrogen (secondary N) is 2. The number of hydrogen-bond donors (Lipinski definition) is 2. The molecule has 2 aromatic rings. The van der Waals surface area contributed by atoms with Crippen LogP contribution >= 0.6 is 0 Å². The first-order valence-corrected chi connectivity index (χ1v) is 6.47. The molecule has 0 saturated heterocycles. The maximum atomic E-state index is 12.0. The van der Waals surface area contributed by atoms with Crippen molar-refractivity contribution in [1.82, 2.24) is 30.3 Å². The number of carbonyl (C=O) groups excluding carboxylic acids is 1. The van der Waals surface area contributed by atoms with Crippen LogP contribution in [0.2, 0.25) is 0 Å². The lowest BCUT2D eigenvalue weighted by atomic mass is 10.1. The number of ether oxygens (including phenoxy) is 1. The van der Waals surface area contributed by atoms with Crippen LogP contribution in [-0.4, -0.2) is 44.0 Å². The largest absolute Gasteiger partial charge is 0.377 e. The fourth-order valence-electron chi connectivity index (χ4n) is 2.31. The van der Waals surface area contributed by atoms with Crippen molar-refractivity contribution < 1.29 is 9.53 Å². The van der Waals surface area contributed by atoms with E-state index in [2.05, 4.69) is 25.6 Å². The second-order valence-electron chi connectivity index (χ2n) is 4.76. The average molecular weight is 276 g/mol. The number of methoxy groups -OCH3 is 1. The van der Waals surface area contributed by atoms with Gasteiger partial charge in [-0.15, -0.1) is 0 Å². The van der Waals surface area contributed by atoms with Gasteiger partial charge in [0.15, 0.2) is 5.82 Å². The lowest BCUT2D eigenvalue weighted by molar-refractivity contribution is 0.0926. The maximum Gasteiger partial charge on any atom is 0.254 e. The van der Waals surface area contributed by atoms with Gasteiger partial charge in [-0.05, 0) is 6.42 Å². The predicted molar refractivity (Wildman–Crippen MR) is 68.9 cm³/mol. The molecule has 2 aromatic heterocycles. The molecule has 20 heavy (non-hydrogen) atoms. The Kier molecular flexibility index (Phi) is 3.46. The van der Waals surface area contributed by atoms with Crippen molar-refractivity contribution in [2.75, 3.05) is 7.11 Å². The fraction of sp³-hybridized carbons (Fsp3) is 0.500. The third-order valence-electron chi connectivity index (χ3n) is 3.27. The van der Waals surface area contributed by atoms with Crippen molar-refractivity contribution in [2.45, 2.75) is 32.0 Å². The number of nitrogens with zero attached hydrogens (tertiary/aromatic N) is 4. The summed E-state index contributed by atoms with van der Waals surface area (Å²) < 4.78 is 6.87. The highest BCUT2D eigenvalue weighted by molar-refractivity contribution is 5.93. The van der Waals surface area contributed by atoms with Gasteiger partial charge in [0.2, 0.25) is 0 Å². The van der Waals surface area contributed by atoms with E-state index >= 15 is 0 Å². The van der Waals surface area contributed by atoms with Gasteiger partial charge < -0.3 is 10.1 Å². The molecule has 0 bridgehead atoms. The summed E-state index contributed by atoms with van der Waals surface area (Å²) in [5, 5.41) is 13.8. The van der Waals surface area contributed by atoms with Gasteiger partial charge >= 0.3 is 0 Å². The van der Waals surface area contributed by atoms with E-state index < -0.39 is 0 Å². The molecule has 1 amide bonds. The van der Waals surface area contributed by atoms with Gasteiger partial charge in [-0.1, -0.05) is 0 Å². The average Bonchev–Trinajstić information content (AvgIpc) is 3.07. The lowest BCUT2D eigenvalue weighted by Gasteiger charge is -2.23. The summed E-state index contributed by atoms with van der Waals surface area (Å²) in [6.07, 6.45) is 4.74. The Morgan fingerprint density at radius 1 is 1.65 bits per heavy atom. The molecule has 0 saturated carbocycles. The predicted octanol–water partition coefficient (Wildman–Crippen LogP) is -0.108. The van der Waals surface area contributed by atoms with Gasteiger partial charge in [-0.2, -0.15) is 10.2 Å². The number of H-pyrrole nitrogens is 1. The van der Waals surface area contributed by atoms with Crippen LogP contribution in [0.3, 0.4) is 0 Å². The van der Waals surface area contributed by atoms with E-state index in [1.165, 1.54) is 6.20 Å². The normalized spacial score (nSPS) is 17.8. The molecule has 0 aromatic carbocycles. The topological polar surface area (TPSA) is 97.7 Å². The summed E-state index contributed by atoms with van der Waals surface area (Å²) in [5.74, 6) is 1.51. The minimum atomic E-state index is -0.121. The van der Waals surface area contributed by atoms with Crippen molar-refractivity contribution in [2.24, 2.45) is 0 Å². The van der Waals surface area contributed by atoms with Gasteiger partial charge in [0.25, 0.3) is 5.91 Å². The first-order valence-electron chi connectivity index (χ1n) is 6.47. The van der Waals surface area contributed by atoms with Crippen LogP contribution < -0.4 is 5.32 Å². The third-order valence-corrected chi connectivity index (χ3v) is 3.27. The maximum absolute atomic E-state index is 12.0. The molecule has 0 fully saturated rings. The van der Waals surface area contributed by atoms with Crippen molar-refractivity contribution in [3.63, 3.8) is 0 Å². The van der Waals surface area contributed by atoms with Crippen LogP contribution in [0.1, 0.15) is 28.4 Å². The molecule has 1 aliphatic heterocycles. The Morgan fingerprint density at radius 2 is 2.55 bits per heavy atom. The second-order valence-corrected chi connectivity index (χ2v) is 4.76. The van der Waals surface area contributed by atoms with Crippen LogP contribution in [0.25, 0.3) is 0 Å². The first-order chi connectivity index (χ1) is 9.76. The number of aromatic nitrogens is 5. The molecule has 0 spiro atoms. The van der Waals surface area contributed by atoms with Crippen LogP contribution in [-0.2, 0) is 24.3 Å². The van der Waals surface area contributed by atoms with Crippen molar-refractivity contribution in [3.05, 3.63) is 29.6 Å². The molecule has 8 heteroatoms. The van der Waals surface area contributed by atoms with E-state index in [9.17, 15) is 4.79 Å². The van der Waals surface area contributed by atoms with Gasteiger partial charge in [0.05, 0.1) is 18.3 Å². The highest BCUT2D eigenvalue weighted by Gasteiger charge is 2.23. The number of rotatable bonds is 4. The van der Waals surface area contributed by atoms with Crippen molar-refractivity contribution in [3.8, 4) is 0 Å². The van der Waals surface area contributed by atoms with Crippen LogP contribution in [0, 0.1) is 0 Å². The van der Waals surface area contributed by atoms with Crippen LogP contribution in [0.15, 0.2) is 12.4 Å². The Bertz CT molecular complexity index is 591. The molecule has 8 nitrogen and oxygen atoms in total. The quantitative estimate of drug-likeness (QED) is 0.812. The third kappa shape index (κ3) is 2.55. The molecule has 0 radical (unpaired) electrons. The van der Waals surface area contributed by atoms with E-state index in [1.54, 1.807) is 13.3 Å². The zero-order chi connectivity index (χ0) is 13.9. The second kappa shape index (κ2) is 5.41. The summed E-state index contributed by atoms with van der Waals surface area (Å²) >= 11 is 0. The van der Waals surface area contributed by atoms with Crippen molar-refractivity contribution >= 4 is 5.91 Å². The van der Waals surface area contributed by atoms with Crippen LogP contribution in [0.5, 0.6) is 0 Å². The molecule has 1 unspecified atom stereocenters. The Balaban J connectivity index is 1.65. The zero-order valence-electron chi connectivity index (χ0n) is 11.2. The monoisotopic (exact) mass is 276 g/mol. The van der Waals surface area contributed by atoms with Gasteiger partial charge in [-0.3, -0.25) is 9.89 Å². The number of aryl methyl sites for hydroxylation is 1. The molecule has 0 aliphatic carbocycles. The van der Waals surface area contributed by atoms with Crippen molar-refractivity contribution in [1.29, 1.82) is 0 Å². The Hall–Kier alpha value is -2.22. The highest BCUT2D eigenvalue weighted by atomic mass is 16.5. The Labute approximate surface area is 115 Å². The SMILES string of the molecule is COCc1nc2n(n1)CC(NC(=O)c1cn[nH]c1)CC2. The van der Waals surface area contributed by atoms with Gasteiger partial charge in [-0.25, -0.2) is 9.67 Å². The Morgan fingerprint density at radius 3 is 3.30 bits per heavy atom. The molecule has 106 valence electrons. The fourth-order valence-corrected chi connectivity index (χ4v) is 2.31. The lowest BCUT2D eigenvalue weighted by Crippen LogP contribution is -2.41. The molecular formula is C12H16N6O2. The van der Waals surface area contributed by atoms with E-state index in [0.29, 0.717) is 24.5 Å². The van der Waals surface area contributed by atoms with E-state index in [0.717, 1.165) is 18.7 Å². The first kappa shape index (κ1) is 12.8. The van der Waals surface area contributed by atoms with E-state index in [-0.39, 0.29) is 11.9 Å². The molecule has 1 aliphatic rings. The number of aromatic amines is 1. The summed E-state index contributed by atoms with van der Waals surface area (Å²) in [4.78, 5) is 16.4. The number of carbonyl (C=O) groups is 1. The molecule has 3 rings (SSSR count).